The summed E-state index contributed by atoms with van der Waals surface area (Å²) in [5.74, 6) is 0.0313. The van der Waals surface area contributed by atoms with Crippen LogP contribution in [0.2, 0.25) is 0 Å². The van der Waals surface area contributed by atoms with Crippen molar-refractivity contribution in [2.24, 2.45) is 11.3 Å². The molecule has 0 bridgehead atoms. The maximum Gasteiger partial charge on any atom is 0.311 e. The Morgan fingerprint density at radius 1 is 1.26 bits per heavy atom. The molecule has 190 valence electrons. The van der Waals surface area contributed by atoms with E-state index in [-0.39, 0.29) is 35.7 Å². The Bertz CT molecular complexity index is 1050. The van der Waals surface area contributed by atoms with Gasteiger partial charge in [0.2, 0.25) is 0 Å². The molecule has 4 heteroatoms. The molecule has 0 saturated carbocycles. The Morgan fingerprint density at radius 2 is 2.00 bits per heavy atom. The van der Waals surface area contributed by atoms with Crippen LogP contribution in [0.1, 0.15) is 124 Å². The fourth-order valence-corrected chi connectivity index (χ4v) is 5.06. The molecule has 4 nitrogen and oxygen atoms in total. The minimum Gasteiger partial charge on any atom is -0.508 e. The number of rotatable bonds is 8. The molecule has 0 spiro atoms. The maximum atomic E-state index is 12.3. The van der Waals surface area contributed by atoms with Crippen molar-refractivity contribution in [2.75, 3.05) is 6.61 Å². The highest BCUT2D eigenvalue weighted by Gasteiger charge is 2.46. The van der Waals surface area contributed by atoms with Gasteiger partial charge in [0.15, 0.2) is 0 Å². The first-order chi connectivity index (χ1) is 18.1. The molecule has 1 aromatic rings. The summed E-state index contributed by atoms with van der Waals surface area (Å²) in [7, 11) is 0. The minimum absolute atomic E-state index is 0.0618. The number of fused-ring (bicyclic) bond motifs is 3. The monoisotopic (exact) mass is 475 g/mol. The minimum atomic E-state index is -1.73. The summed E-state index contributed by atoms with van der Waals surface area (Å²) in [6.07, 6.45) is 5.28. The highest BCUT2D eigenvalue weighted by Crippen LogP contribution is 2.55. The van der Waals surface area contributed by atoms with Gasteiger partial charge in [-0.25, -0.2) is 0 Å². The standard InChI is InChI=1S/C30H46O4/c1-9-10-11-12-15-29(5,6)21-17-24(31)26-22-16-20(19-33-27(32)28(2,3)4)13-14-23(22)30(7,8)34-25(26)18-21/h13,17-18,22-23,31H,9-12,14-16,19H2,1-8H3/i5D2,6D2,15D. The highest BCUT2D eigenvalue weighted by molar-refractivity contribution is 5.75. The predicted octanol–water partition coefficient (Wildman–Crippen LogP) is 7.82. The van der Waals surface area contributed by atoms with Crippen molar-refractivity contribution in [3.05, 3.63) is 34.9 Å². The number of aromatic hydroxyl groups is 1. The lowest BCUT2D eigenvalue weighted by Crippen LogP contribution is -2.45. The van der Waals surface area contributed by atoms with E-state index >= 15 is 0 Å². The lowest BCUT2D eigenvalue weighted by atomic mass is 9.66. The van der Waals surface area contributed by atoms with Crippen molar-refractivity contribution >= 4 is 5.97 Å². The van der Waals surface area contributed by atoms with Crippen molar-refractivity contribution in [1.29, 1.82) is 0 Å². The fourth-order valence-electron chi connectivity index (χ4n) is 5.06. The number of allylic oxidation sites excluding steroid dienone is 1. The van der Waals surface area contributed by atoms with E-state index in [1.54, 1.807) is 6.07 Å². The number of unbranched alkanes of at least 4 members (excludes halogenated alkanes) is 2. The van der Waals surface area contributed by atoms with Crippen LogP contribution in [-0.2, 0) is 14.9 Å². The van der Waals surface area contributed by atoms with E-state index < -0.39 is 36.6 Å². The van der Waals surface area contributed by atoms with Gasteiger partial charge < -0.3 is 14.6 Å². The first kappa shape index (κ1) is 20.2. The van der Waals surface area contributed by atoms with Crippen molar-refractivity contribution in [3.8, 4) is 11.5 Å². The van der Waals surface area contributed by atoms with Gasteiger partial charge in [0.1, 0.15) is 23.7 Å². The molecule has 1 aliphatic heterocycles. The van der Waals surface area contributed by atoms with Gasteiger partial charge in [-0.15, -0.1) is 0 Å². The van der Waals surface area contributed by atoms with Crippen molar-refractivity contribution in [3.63, 3.8) is 0 Å². The van der Waals surface area contributed by atoms with Gasteiger partial charge in [-0.2, -0.15) is 0 Å². The van der Waals surface area contributed by atoms with Crippen LogP contribution in [-0.4, -0.2) is 23.3 Å². The van der Waals surface area contributed by atoms with E-state index in [1.165, 1.54) is 6.07 Å². The lowest BCUT2D eigenvalue weighted by Gasteiger charge is -2.47. The van der Waals surface area contributed by atoms with Gasteiger partial charge in [-0.05, 0) is 82.5 Å². The zero-order valence-electron chi connectivity index (χ0n) is 26.7. The topological polar surface area (TPSA) is 55.8 Å². The number of hydrogen-bond acceptors (Lipinski definition) is 4. The molecule has 0 saturated heterocycles. The second-order valence-corrected chi connectivity index (χ2v) is 11.6. The number of benzene rings is 1. The fraction of sp³-hybridized carbons (Fsp3) is 0.700. The number of phenols is 1. The van der Waals surface area contributed by atoms with Gasteiger partial charge in [0.25, 0.3) is 0 Å². The Kier molecular flexibility index (Phi) is 5.93. The number of ether oxygens (including phenoxy) is 2. The first-order valence-electron chi connectivity index (χ1n) is 15.5. The maximum absolute atomic E-state index is 12.3. The van der Waals surface area contributed by atoms with Gasteiger partial charge >= 0.3 is 5.97 Å². The quantitative estimate of drug-likeness (QED) is 0.236. The van der Waals surface area contributed by atoms with Crippen LogP contribution in [0.4, 0.5) is 0 Å². The summed E-state index contributed by atoms with van der Waals surface area (Å²) in [4.78, 5) is 12.3. The van der Waals surface area contributed by atoms with Gasteiger partial charge in [0.05, 0.1) is 5.41 Å². The molecule has 0 radical (unpaired) electrons. The summed E-state index contributed by atoms with van der Waals surface area (Å²) in [6.45, 7) is 8.38. The van der Waals surface area contributed by atoms with Crippen molar-refractivity contribution in [1.82, 2.24) is 0 Å². The SMILES string of the molecule is [2H]C([2H])C(c1cc(O)c2c(c1)OC(C)(C)C1CC=C(COC(=O)C(C)(C)C)CC21)(C([2H])[2H])C([2H])CCCCC. The molecule has 1 N–H and O–H groups in total. The second-order valence-electron chi connectivity index (χ2n) is 11.6. The molecule has 3 atom stereocenters. The summed E-state index contributed by atoms with van der Waals surface area (Å²) < 4.78 is 54.4. The zero-order chi connectivity index (χ0) is 29.3. The summed E-state index contributed by atoms with van der Waals surface area (Å²) in [5, 5.41) is 11.4. The zero-order valence-corrected chi connectivity index (χ0v) is 21.7. The average molecular weight is 476 g/mol. The molecule has 3 unspecified atom stereocenters. The van der Waals surface area contributed by atoms with E-state index in [1.807, 2.05) is 34.6 Å². The molecule has 34 heavy (non-hydrogen) atoms. The van der Waals surface area contributed by atoms with Crippen LogP contribution in [0.5, 0.6) is 11.5 Å². The van der Waals surface area contributed by atoms with Crippen LogP contribution >= 0.6 is 0 Å². The number of hydrogen-bond donors (Lipinski definition) is 1. The number of carbonyl (C=O) groups is 1. The van der Waals surface area contributed by atoms with E-state index in [2.05, 4.69) is 13.0 Å². The number of esters is 1. The first-order valence-corrected chi connectivity index (χ1v) is 12.6. The molecule has 1 aliphatic carbocycles. The summed E-state index contributed by atoms with van der Waals surface area (Å²) in [5.41, 5.74) is -1.06. The van der Waals surface area contributed by atoms with Gasteiger partial charge in [0, 0.05) is 24.3 Å². The van der Waals surface area contributed by atoms with E-state index in [0.29, 0.717) is 37.0 Å². The number of phenolic OH excluding ortho intramolecular Hbond substituents is 1. The van der Waals surface area contributed by atoms with Crippen LogP contribution in [0.3, 0.4) is 0 Å². The molecule has 0 amide bonds. The molecule has 3 rings (SSSR count). The smallest absolute Gasteiger partial charge is 0.311 e. The summed E-state index contributed by atoms with van der Waals surface area (Å²) >= 11 is 0. The van der Waals surface area contributed by atoms with Crippen molar-refractivity contribution in [2.45, 2.75) is 117 Å². The Balaban J connectivity index is 2.02. The van der Waals surface area contributed by atoms with Crippen molar-refractivity contribution < 1.29 is 26.2 Å². The molecule has 1 heterocycles. The van der Waals surface area contributed by atoms with Crippen LogP contribution in [0.25, 0.3) is 0 Å². The third-order valence-corrected chi connectivity index (χ3v) is 7.18. The van der Waals surface area contributed by atoms with Crippen LogP contribution < -0.4 is 4.74 Å². The van der Waals surface area contributed by atoms with E-state index in [4.69, 9.17) is 16.3 Å². The molecular formula is C30H46O4. The molecule has 1 aromatic carbocycles. The van der Waals surface area contributed by atoms with E-state index in [0.717, 1.165) is 18.4 Å². The summed E-state index contributed by atoms with van der Waals surface area (Å²) in [6, 6.07) is 3.13. The molecule has 0 aromatic heterocycles. The van der Waals surface area contributed by atoms with Crippen LogP contribution in [0.15, 0.2) is 23.8 Å². The third-order valence-electron chi connectivity index (χ3n) is 7.18. The Labute approximate surface area is 214 Å². The molecule has 2 aliphatic rings. The van der Waals surface area contributed by atoms with E-state index in [9.17, 15) is 9.90 Å². The molecular weight excluding hydrogens is 424 g/mol. The Hall–Kier alpha value is -1.97. The largest absolute Gasteiger partial charge is 0.508 e. The average Bonchev–Trinajstić information content (AvgIpc) is 2.81. The second kappa shape index (κ2) is 9.95. The molecule has 0 fully saturated rings. The normalized spacial score (nSPS) is 24.9. The number of carbonyl (C=O) groups excluding carboxylic acids is 1. The van der Waals surface area contributed by atoms with Gasteiger partial charge in [-0.3, -0.25) is 4.79 Å². The predicted molar refractivity (Wildman–Crippen MR) is 139 cm³/mol. The van der Waals surface area contributed by atoms with Gasteiger partial charge in [-0.1, -0.05) is 52.4 Å². The Morgan fingerprint density at radius 3 is 2.65 bits per heavy atom. The van der Waals surface area contributed by atoms with Crippen LogP contribution in [0, 0.1) is 11.3 Å². The third kappa shape index (κ3) is 5.80. The lowest BCUT2D eigenvalue weighted by molar-refractivity contribution is -0.152. The highest BCUT2D eigenvalue weighted by atomic mass is 16.5.